The molecule has 1 aliphatic rings. The van der Waals surface area contributed by atoms with E-state index in [1.807, 2.05) is 25.1 Å². The summed E-state index contributed by atoms with van der Waals surface area (Å²) in [5.74, 6) is -0.123. The molecule has 5 heteroatoms. The topological polar surface area (TPSA) is 70.7 Å². The van der Waals surface area contributed by atoms with Crippen LogP contribution in [0.5, 0.6) is 0 Å². The quantitative estimate of drug-likeness (QED) is 0.898. The van der Waals surface area contributed by atoms with Crippen molar-refractivity contribution in [1.29, 1.82) is 0 Å². The molecular weight excluding hydrogens is 252 g/mol. The molecule has 5 nitrogen and oxygen atoms in total. The van der Waals surface area contributed by atoms with Gasteiger partial charge in [0.25, 0.3) is 5.91 Å². The first-order valence-corrected chi connectivity index (χ1v) is 7.03. The van der Waals surface area contributed by atoms with Gasteiger partial charge in [0.15, 0.2) is 5.69 Å². The van der Waals surface area contributed by atoms with Crippen molar-refractivity contribution in [2.24, 2.45) is 0 Å². The van der Waals surface area contributed by atoms with Crippen molar-refractivity contribution in [3.05, 3.63) is 47.0 Å². The molecule has 0 saturated carbocycles. The van der Waals surface area contributed by atoms with Gasteiger partial charge < -0.3 is 5.32 Å². The lowest BCUT2D eigenvalue weighted by atomic mass is 9.95. The minimum Gasteiger partial charge on any atom is -0.343 e. The molecule has 3 rings (SSSR count). The molecule has 2 aromatic heterocycles. The maximum Gasteiger partial charge on any atom is 0.272 e. The summed E-state index contributed by atoms with van der Waals surface area (Å²) in [6, 6.07) is 5.56. The minimum absolute atomic E-state index is 0.123. The smallest absolute Gasteiger partial charge is 0.272 e. The first-order chi connectivity index (χ1) is 9.75. The fourth-order valence-corrected chi connectivity index (χ4v) is 2.64. The lowest BCUT2D eigenvalue weighted by Crippen LogP contribution is -2.28. The Balaban J connectivity index is 1.75. The molecule has 104 valence electrons. The van der Waals surface area contributed by atoms with Crippen LogP contribution in [0, 0.1) is 0 Å². The summed E-state index contributed by atoms with van der Waals surface area (Å²) in [5.41, 5.74) is 3.60. The Morgan fingerprint density at radius 3 is 3.00 bits per heavy atom. The normalized spacial score (nSPS) is 15.4. The average Bonchev–Trinajstić information content (AvgIpc) is 2.92. The van der Waals surface area contributed by atoms with Gasteiger partial charge >= 0.3 is 0 Å². The van der Waals surface area contributed by atoms with Gasteiger partial charge in [-0.3, -0.25) is 14.9 Å². The minimum atomic E-state index is -0.125. The van der Waals surface area contributed by atoms with E-state index >= 15 is 0 Å². The Hall–Kier alpha value is -2.17. The van der Waals surface area contributed by atoms with Gasteiger partial charge in [-0.1, -0.05) is 6.07 Å². The monoisotopic (exact) mass is 270 g/mol. The number of pyridine rings is 1. The van der Waals surface area contributed by atoms with Crippen LogP contribution in [0.4, 0.5) is 0 Å². The van der Waals surface area contributed by atoms with Gasteiger partial charge in [-0.25, -0.2) is 0 Å². The fraction of sp³-hybridized carbons (Fsp3) is 0.400. The summed E-state index contributed by atoms with van der Waals surface area (Å²) in [4.78, 5) is 16.6. The van der Waals surface area contributed by atoms with Crippen LogP contribution in [0.3, 0.4) is 0 Å². The number of carbonyl (C=O) groups excluding carboxylic acids is 1. The van der Waals surface area contributed by atoms with E-state index in [1.165, 1.54) is 6.42 Å². The molecule has 1 aliphatic carbocycles. The highest BCUT2D eigenvalue weighted by atomic mass is 16.2. The number of amides is 1. The predicted molar refractivity (Wildman–Crippen MR) is 75.3 cm³/mol. The number of hydrogen-bond donors (Lipinski definition) is 2. The number of fused-ring (bicyclic) bond motifs is 1. The second-order valence-corrected chi connectivity index (χ2v) is 5.19. The zero-order chi connectivity index (χ0) is 13.9. The van der Waals surface area contributed by atoms with Crippen molar-refractivity contribution >= 4 is 5.91 Å². The van der Waals surface area contributed by atoms with E-state index in [2.05, 4.69) is 20.5 Å². The van der Waals surface area contributed by atoms with Crippen molar-refractivity contribution in [3.8, 4) is 0 Å². The third kappa shape index (κ3) is 2.43. The molecule has 20 heavy (non-hydrogen) atoms. The number of aryl methyl sites for hydroxylation is 1. The SMILES string of the molecule is C[C@@H](NC(=O)c1n[nH]c2c1CCCC2)c1ccccn1. The number of carbonyl (C=O) groups is 1. The molecular formula is C15H18N4O. The van der Waals surface area contributed by atoms with Crippen LogP contribution < -0.4 is 5.32 Å². The molecule has 2 heterocycles. The Morgan fingerprint density at radius 1 is 1.35 bits per heavy atom. The molecule has 2 aromatic rings. The van der Waals surface area contributed by atoms with E-state index in [0.29, 0.717) is 5.69 Å². The highest BCUT2D eigenvalue weighted by Gasteiger charge is 2.22. The van der Waals surface area contributed by atoms with Crippen LogP contribution in [0.1, 0.15) is 53.2 Å². The zero-order valence-corrected chi connectivity index (χ0v) is 11.5. The number of aromatic nitrogens is 3. The Labute approximate surface area is 117 Å². The second kappa shape index (κ2) is 5.45. The van der Waals surface area contributed by atoms with Crippen LogP contribution in [-0.4, -0.2) is 21.1 Å². The van der Waals surface area contributed by atoms with Gasteiger partial charge in [0, 0.05) is 17.5 Å². The summed E-state index contributed by atoms with van der Waals surface area (Å²) >= 11 is 0. The van der Waals surface area contributed by atoms with Gasteiger partial charge in [0.2, 0.25) is 0 Å². The summed E-state index contributed by atoms with van der Waals surface area (Å²) < 4.78 is 0. The molecule has 1 atom stereocenters. The molecule has 0 saturated heterocycles. The van der Waals surface area contributed by atoms with Crippen LogP contribution in [0.2, 0.25) is 0 Å². The number of aromatic amines is 1. The summed E-state index contributed by atoms with van der Waals surface area (Å²) in [6.45, 7) is 1.93. The summed E-state index contributed by atoms with van der Waals surface area (Å²) in [6.07, 6.45) is 5.95. The fourth-order valence-electron chi connectivity index (χ4n) is 2.64. The molecule has 0 aliphatic heterocycles. The van der Waals surface area contributed by atoms with E-state index in [1.54, 1.807) is 6.20 Å². The molecule has 0 bridgehead atoms. The van der Waals surface area contributed by atoms with Crippen molar-refractivity contribution in [3.63, 3.8) is 0 Å². The van der Waals surface area contributed by atoms with E-state index in [-0.39, 0.29) is 11.9 Å². The summed E-state index contributed by atoms with van der Waals surface area (Å²) in [7, 11) is 0. The molecule has 0 spiro atoms. The number of rotatable bonds is 3. The van der Waals surface area contributed by atoms with Crippen LogP contribution >= 0.6 is 0 Å². The van der Waals surface area contributed by atoms with E-state index in [0.717, 1.165) is 36.2 Å². The van der Waals surface area contributed by atoms with Crippen molar-refractivity contribution < 1.29 is 4.79 Å². The average molecular weight is 270 g/mol. The van der Waals surface area contributed by atoms with E-state index < -0.39 is 0 Å². The highest BCUT2D eigenvalue weighted by molar-refractivity contribution is 5.94. The molecule has 0 fully saturated rings. The Bertz CT molecular complexity index is 606. The van der Waals surface area contributed by atoms with Gasteiger partial charge in [0.1, 0.15) is 0 Å². The largest absolute Gasteiger partial charge is 0.343 e. The predicted octanol–water partition coefficient (Wildman–Crippen LogP) is 2.17. The first-order valence-electron chi connectivity index (χ1n) is 7.03. The van der Waals surface area contributed by atoms with Crippen molar-refractivity contribution in [2.45, 2.75) is 38.6 Å². The third-order valence-electron chi connectivity index (χ3n) is 3.75. The standard InChI is InChI=1S/C15H18N4O/c1-10(12-7-4-5-9-16-12)17-15(20)14-11-6-2-3-8-13(11)18-19-14/h4-5,7,9-10H,2-3,6,8H2,1H3,(H,17,20)(H,18,19)/t10-/m1/s1. The van der Waals surface area contributed by atoms with Crippen LogP contribution in [-0.2, 0) is 12.8 Å². The van der Waals surface area contributed by atoms with E-state index in [9.17, 15) is 4.79 Å². The molecule has 0 radical (unpaired) electrons. The molecule has 0 aromatic carbocycles. The number of hydrogen-bond acceptors (Lipinski definition) is 3. The lowest BCUT2D eigenvalue weighted by Gasteiger charge is -2.14. The Morgan fingerprint density at radius 2 is 2.20 bits per heavy atom. The summed E-state index contributed by atoms with van der Waals surface area (Å²) in [5, 5.41) is 10.1. The van der Waals surface area contributed by atoms with Gasteiger partial charge in [-0.05, 0) is 44.7 Å². The molecule has 1 amide bonds. The molecule has 0 unspecified atom stereocenters. The first kappa shape index (κ1) is 12.8. The highest BCUT2D eigenvalue weighted by Crippen LogP contribution is 2.22. The number of H-pyrrole nitrogens is 1. The van der Waals surface area contributed by atoms with Gasteiger partial charge in [0.05, 0.1) is 11.7 Å². The van der Waals surface area contributed by atoms with Crippen LogP contribution in [0.15, 0.2) is 24.4 Å². The zero-order valence-electron chi connectivity index (χ0n) is 11.5. The van der Waals surface area contributed by atoms with Crippen LogP contribution in [0.25, 0.3) is 0 Å². The molecule has 2 N–H and O–H groups in total. The number of nitrogens with zero attached hydrogens (tertiary/aromatic N) is 2. The Kier molecular flexibility index (Phi) is 3.50. The second-order valence-electron chi connectivity index (χ2n) is 5.19. The third-order valence-corrected chi connectivity index (χ3v) is 3.75. The van der Waals surface area contributed by atoms with Crippen molar-refractivity contribution in [2.75, 3.05) is 0 Å². The van der Waals surface area contributed by atoms with Gasteiger partial charge in [-0.2, -0.15) is 5.10 Å². The maximum atomic E-state index is 12.3. The van der Waals surface area contributed by atoms with E-state index in [4.69, 9.17) is 0 Å². The van der Waals surface area contributed by atoms with Gasteiger partial charge in [-0.15, -0.1) is 0 Å². The number of nitrogens with one attached hydrogen (secondary N) is 2. The lowest BCUT2D eigenvalue weighted by molar-refractivity contribution is 0.0933. The maximum absolute atomic E-state index is 12.3. The van der Waals surface area contributed by atoms with Crippen molar-refractivity contribution in [1.82, 2.24) is 20.5 Å².